The van der Waals surface area contributed by atoms with Crippen LogP contribution in [0.2, 0.25) is 5.15 Å². The van der Waals surface area contributed by atoms with Crippen LogP contribution in [0.4, 0.5) is 11.5 Å². The lowest BCUT2D eigenvalue weighted by Crippen LogP contribution is -2.50. The lowest BCUT2D eigenvalue weighted by molar-refractivity contribution is -0.133. The minimum atomic E-state index is -0.0258. The molecule has 1 aromatic heterocycles. The minimum Gasteiger partial charge on any atom is -0.484 e. The first kappa shape index (κ1) is 18.7. The van der Waals surface area contributed by atoms with Crippen molar-refractivity contribution in [2.45, 2.75) is 0 Å². The average Bonchev–Trinajstić information content (AvgIpc) is 2.67. The van der Waals surface area contributed by atoms with Crippen LogP contribution >= 0.6 is 27.5 Å². The van der Waals surface area contributed by atoms with Gasteiger partial charge in [0.25, 0.3) is 5.91 Å². The number of anilines is 2. The van der Waals surface area contributed by atoms with Crippen molar-refractivity contribution in [3.63, 3.8) is 0 Å². The Balaban J connectivity index is 1.54. The molecule has 0 unspecified atom stereocenters. The summed E-state index contributed by atoms with van der Waals surface area (Å²) in [7, 11) is 1.79. The van der Waals surface area contributed by atoms with E-state index in [9.17, 15) is 4.79 Å². The number of benzene rings is 1. The van der Waals surface area contributed by atoms with Crippen LogP contribution in [-0.2, 0) is 4.79 Å². The lowest BCUT2D eigenvalue weighted by atomic mass is 10.3. The number of hydrogen-bond donors (Lipinski definition) is 1. The Bertz CT molecular complexity index is 766. The molecule has 3 rings (SSSR count). The summed E-state index contributed by atoms with van der Waals surface area (Å²) in [6.45, 7) is 2.58. The van der Waals surface area contributed by atoms with Crippen LogP contribution in [0.15, 0.2) is 35.1 Å². The topological polar surface area (TPSA) is 70.6 Å². The summed E-state index contributed by atoms with van der Waals surface area (Å²) in [6, 6.07) is 7.41. The number of halogens is 2. The molecular weight excluding hydrogens is 422 g/mol. The number of piperazine rings is 1. The van der Waals surface area contributed by atoms with Crippen LogP contribution in [-0.4, -0.2) is 60.6 Å². The third-order valence-corrected chi connectivity index (χ3v) is 4.95. The number of carbonyl (C=O) groups excluding carboxylic acids is 1. The summed E-state index contributed by atoms with van der Waals surface area (Å²) in [4.78, 5) is 24.6. The first-order valence-corrected chi connectivity index (χ1v) is 9.35. The van der Waals surface area contributed by atoms with Crippen molar-refractivity contribution >= 4 is 44.9 Å². The third kappa shape index (κ3) is 4.37. The number of aromatic nitrogens is 2. The zero-order valence-electron chi connectivity index (χ0n) is 14.3. The van der Waals surface area contributed by atoms with E-state index in [-0.39, 0.29) is 12.5 Å². The maximum Gasteiger partial charge on any atom is 0.260 e. The number of hydrogen-bond acceptors (Lipinski definition) is 6. The van der Waals surface area contributed by atoms with E-state index >= 15 is 0 Å². The molecule has 1 fully saturated rings. The summed E-state index contributed by atoms with van der Waals surface area (Å²) in [5.74, 6) is 1.40. The average molecular weight is 441 g/mol. The normalized spacial score (nSPS) is 14.3. The third-order valence-electron chi connectivity index (χ3n) is 4.14. The highest BCUT2D eigenvalue weighted by atomic mass is 79.9. The highest BCUT2D eigenvalue weighted by Crippen LogP contribution is 2.29. The Kier molecular flexibility index (Phi) is 6.16. The number of ether oxygens (including phenoxy) is 1. The molecule has 0 atom stereocenters. The van der Waals surface area contributed by atoms with Crippen LogP contribution in [0.25, 0.3) is 0 Å². The van der Waals surface area contributed by atoms with E-state index in [4.69, 9.17) is 16.3 Å². The van der Waals surface area contributed by atoms with Crippen LogP contribution in [0, 0.1) is 0 Å². The molecule has 0 aliphatic carbocycles. The molecule has 2 aromatic rings. The number of rotatable bonds is 5. The van der Waals surface area contributed by atoms with Gasteiger partial charge >= 0.3 is 0 Å². The fourth-order valence-electron chi connectivity index (χ4n) is 2.75. The summed E-state index contributed by atoms with van der Waals surface area (Å²) in [6.07, 6.45) is 1.45. The number of nitrogens with zero attached hydrogens (tertiary/aromatic N) is 4. The molecule has 1 aliphatic heterocycles. The molecule has 7 nitrogen and oxygen atoms in total. The van der Waals surface area contributed by atoms with Crippen molar-refractivity contribution in [1.29, 1.82) is 0 Å². The van der Waals surface area contributed by atoms with Crippen LogP contribution < -0.4 is 15.0 Å². The fourth-order valence-corrected chi connectivity index (χ4v) is 3.23. The van der Waals surface area contributed by atoms with Crippen molar-refractivity contribution in [2.24, 2.45) is 0 Å². The fraction of sp³-hybridized carbons (Fsp3) is 0.353. The molecule has 0 bridgehead atoms. The second-order valence-corrected chi connectivity index (χ2v) is 7.00. The van der Waals surface area contributed by atoms with E-state index in [1.165, 1.54) is 6.33 Å². The minimum absolute atomic E-state index is 0.0258. The second kappa shape index (κ2) is 8.55. The highest BCUT2D eigenvalue weighted by Gasteiger charge is 2.24. The van der Waals surface area contributed by atoms with E-state index in [1.807, 2.05) is 24.3 Å². The molecule has 26 heavy (non-hydrogen) atoms. The first-order chi connectivity index (χ1) is 12.6. The predicted molar refractivity (Wildman–Crippen MR) is 105 cm³/mol. The molecule has 138 valence electrons. The molecule has 1 aromatic carbocycles. The molecule has 1 N–H and O–H groups in total. The van der Waals surface area contributed by atoms with Gasteiger partial charge in [-0.15, -0.1) is 0 Å². The lowest BCUT2D eigenvalue weighted by Gasteiger charge is -2.36. The summed E-state index contributed by atoms with van der Waals surface area (Å²) >= 11 is 9.48. The van der Waals surface area contributed by atoms with Crippen LogP contribution in [0.5, 0.6) is 5.75 Å². The van der Waals surface area contributed by atoms with Gasteiger partial charge in [-0.05, 0) is 24.3 Å². The molecule has 0 spiro atoms. The Morgan fingerprint density at radius 1 is 1.23 bits per heavy atom. The van der Waals surface area contributed by atoms with Crippen molar-refractivity contribution in [3.05, 3.63) is 40.2 Å². The van der Waals surface area contributed by atoms with Gasteiger partial charge in [0.2, 0.25) is 0 Å². The van der Waals surface area contributed by atoms with Gasteiger partial charge in [0.1, 0.15) is 17.8 Å². The van der Waals surface area contributed by atoms with Gasteiger partial charge in [0.15, 0.2) is 17.6 Å². The Morgan fingerprint density at radius 3 is 2.58 bits per heavy atom. The molecule has 9 heteroatoms. The zero-order chi connectivity index (χ0) is 18.5. The summed E-state index contributed by atoms with van der Waals surface area (Å²) < 4.78 is 6.54. The predicted octanol–water partition coefficient (Wildman–Crippen LogP) is 2.66. The molecular formula is C17H19BrClN5O2. The van der Waals surface area contributed by atoms with Crippen molar-refractivity contribution in [3.8, 4) is 5.75 Å². The molecule has 1 aliphatic rings. The largest absolute Gasteiger partial charge is 0.484 e. The molecule has 2 heterocycles. The Labute approximate surface area is 165 Å². The molecule has 1 saturated heterocycles. The van der Waals surface area contributed by atoms with Gasteiger partial charge in [-0.25, -0.2) is 9.97 Å². The maximum atomic E-state index is 12.4. The quantitative estimate of drug-likeness (QED) is 0.721. The van der Waals surface area contributed by atoms with Gasteiger partial charge in [-0.3, -0.25) is 4.79 Å². The number of carbonyl (C=O) groups is 1. The summed E-state index contributed by atoms with van der Waals surface area (Å²) in [5, 5.41) is 3.42. The summed E-state index contributed by atoms with van der Waals surface area (Å²) in [5.41, 5.74) is 0.701. The van der Waals surface area contributed by atoms with E-state index in [1.54, 1.807) is 11.9 Å². The standard InChI is InChI=1S/C17H19BrClN5O2/c1-20-15-16(19)21-11-22-17(15)24-8-6-23(7-9-24)14(25)10-26-13-4-2-12(18)3-5-13/h2-5,11,20H,6-10H2,1H3. The van der Waals surface area contributed by atoms with Crippen LogP contribution in [0.1, 0.15) is 0 Å². The maximum absolute atomic E-state index is 12.4. The van der Waals surface area contributed by atoms with E-state index < -0.39 is 0 Å². The molecule has 0 saturated carbocycles. The highest BCUT2D eigenvalue weighted by molar-refractivity contribution is 9.10. The monoisotopic (exact) mass is 439 g/mol. The SMILES string of the molecule is CNc1c(Cl)ncnc1N1CCN(C(=O)COc2ccc(Br)cc2)CC1. The molecule has 1 amide bonds. The van der Waals surface area contributed by atoms with E-state index in [2.05, 4.69) is 36.1 Å². The van der Waals surface area contributed by atoms with E-state index in [0.29, 0.717) is 42.8 Å². The number of nitrogens with one attached hydrogen (secondary N) is 1. The van der Waals surface area contributed by atoms with Gasteiger partial charge < -0.3 is 19.9 Å². The van der Waals surface area contributed by atoms with Crippen molar-refractivity contribution in [1.82, 2.24) is 14.9 Å². The van der Waals surface area contributed by atoms with E-state index in [0.717, 1.165) is 10.3 Å². The Morgan fingerprint density at radius 2 is 1.92 bits per heavy atom. The van der Waals surface area contributed by atoms with Crippen molar-refractivity contribution < 1.29 is 9.53 Å². The zero-order valence-corrected chi connectivity index (χ0v) is 16.6. The number of amides is 1. The Hall–Kier alpha value is -2.06. The first-order valence-electron chi connectivity index (χ1n) is 8.18. The van der Waals surface area contributed by atoms with Gasteiger partial charge in [0.05, 0.1) is 0 Å². The smallest absolute Gasteiger partial charge is 0.260 e. The van der Waals surface area contributed by atoms with Gasteiger partial charge in [-0.2, -0.15) is 0 Å². The second-order valence-electron chi connectivity index (χ2n) is 5.72. The molecule has 0 radical (unpaired) electrons. The van der Waals surface area contributed by atoms with Gasteiger partial charge in [-0.1, -0.05) is 27.5 Å². The van der Waals surface area contributed by atoms with Crippen molar-refractivity contribution in [2.75, 3.05) is 50.1 Å². The van der Waals surface area contributed by atoms with Gasteiger partial charge in [0, 0.05) is 37.7 Å². The van der Waals surface area contributed by atoms with Crippen LogP contribution in [0.3, 0.4) is 0 Å².